The van der Waals surface area contributed by atoms with Crippen molar-refractivity contribution in [2.75, 3.05) is 24.7 Å². The highest BCUT2D eigenvalue weighted by molar-refractivity contribution is 7.89. The molecule has 2 saturated heterocycles. The molecule has 5 nitrogen and oxygen atoms in total. The van der Waals surface area contributed by atoms with Gasteiger partial charge in [0.1, 0.15) is 0 Å². The lowest BCUT2D eigenvalue weighted by Gasteiger charge is -2.35. The van der Waals surface area contributed by atoms with Gasteiger partial charge in [-0.05, 0) is 38.5 Å². The molecule has 20 heavy (non-hydrogen) atoms. The van der Waals surface area contributed by atoms with E-state index in [1.807, 2.05) is 0 Å². The van der Waals surface area contributed by atoms with Crippen LogP contribution in [-0.2, 0) is 10.0 Å². The number of piperidine rings is 1. The van der Waals surface area contributed by atoms with Gasteiger partial charge >= 0.3 is 0 Å². The van der Waals surface area contributed by atoms with Gasteiger partial charge in [-0.1, -0.05) is 0 Å². The molecule has 2 bridgehead atoms. The second-order valence-corrected chi connectivity index (χ2v) is 8.01. The van der Waals surface area contributed by atoms with E-state index in [4.69, 9.17) is 11.6 Å². The Kier molecular flexibility index (Phi) is 6.10. The van der Waals surface area contributed by atoms with Gasteiger partial charge < -0.3 is 5.11 Å². The molecule has 0 aliphatic carbocycles. The van der Waals surface area contributed by atoms with Crippen LogP contribution in [0.4, 0.5) is 0 Å². The number of hydrogen-bond donors (Lipinski definition) is 2. The lowest BCUT2D eigenvalue weighted by atomic mass is 10.0. The van der Waals surface area contributed by atoms with E-state index in [1.54, 1.807) is 0 Å². The topological polar surface area (TPSA) is 69.6 Å². The van der Waals surface area contributed by atoms with Crippen molar-refractivity contribution in [3.63, 3.8) is 0 Å². The first-order valence-corrected chi connectivity index (χ1v) is 9.49. The van der Waals surface area contributed by atoms with Crippen molar-refractivity contribution >= 4 is 21.6 Å². The molecule has 0 saturated carbocycles. The van der Waals surface area contributed by atoms with Crippen LogP contribution < -0.4 is 4.72 Å². The molecule has 2 aliphatic rings. The van der Waals surface area contributed by atoms with E-state index < -0.39 is 16.1 Å². The van der Waals surface area contributed by atoms with Gasteiger partial charge in [-0.15, -0.1) is 11.6 Å². The van der Waals surface area contributed by atoms with E-state index in [-0.39, 0.29) is 12.3 Å². The summed E-state index contributed by atoms with van der Waals surface area (Å²) in [5.74, 6) is 0.351. The number of nitrogens with one attached hydrogen (secondary N) is 1. The first-order chi connectivity index (χ1) is 9.52. The van der Waals surface area contributed by atoms with Gasteiger partial charge in [0.2, 0.25) is 10.0 Å². The van der Waals surface area contributed by atoms with E-state index in [2.05, 4.69) is 16.0 Å². The molecule has 0 amide bonds. The second-order valence-electron chi connectivity index (χ2n) is 5.71. The van der Waals surface area contributed by atoms with Gasteiger partial charge in [0.05, 0.1) is 11.9 Å². The third-order valence-electron chi connectivity index (χ3n) is 4.16. The summed E-state index contributed by atoms with van der Waals surface area (Å²) in [6.07, 6.45) is 6.67. The maximum atomic E-state index is 11.6. The number of alkyl halides is 1. The average molecular weight is 324 g/mol. The van der Waals surface area contributed by atoms with Crippen LogP contribution in [0.2, 0.25) is 0 Å². The Labute approximate surface area is 126 Å². The molecule has 2 N–H and O–H groups in total. The minimum absolute atomic E-state index is 0.0210. The summed E-state index contributed by atoms with van der Waals surface area (Å²) in [6, 6.07) is 1.08. The molecule has 1 radical (unpaired) electrons. The fourth-order valence-corrected chi connectivity index (χ4v) is 4.56. The quantitative estimate of drug-likeness (QED) is 0.646. The Hall–Kier alpha value is 0.120. The van der Waals surface area contributed by atoms with E-state index in [0.717, 1.165) is 12.8 Å². The lowest BCUT2D eigenvalue weighted by Crippen LogP contribution is -2.47. The highest BCUT2D eigenvalue weighted by atomic mass is 35.5. The normalized spacial score (nSPS) is 28.7. The number of hydrogen-bond acceptors (Lipinski definition) is 4. The van der Waals surface area contributed by atoms with Crippen LogP contribution >= 0.6 is 11.6 Å². The third-order valence-corrected chi connectivity index (χ3v) is 5.86. The highest BCUT2D eigenvalue weighted by Crippen LogP contribution is 2.34. The van der Waals surface area contributed by atoms with Gasteiger partial charge in [0.25, 0.3) is 0 Å². The Morgan fingerprint density at radius 1 is 1.35 bits per heavy atom. The van der Waals surface area contributed by atoms with E-state index in [1.165, 1.54) is 12.8 Å². The molecule has 1 unspecified atom stereocenters. The van der Waals surface area contributed by atoms with Crippen molar-refractivity contribution in [3.05, 3.63) is 6.42 Å². The highest BCUT2D eigenvalue weighted by Gasteiger charge is 2.37. The zero-order valence-electron chi connectivity index (χ0n) is 11.7. The number of sulfonamides is 1. The Morgan fingerprint density at radius 3 is 2.60 bits per heavy atom. The number of fused-ring (bicyclic) bond motifs is 2. The molecule has 0 aromatic carbocycles. The molecule has 0 aromatic heterocycles. The fourth-order valence-electron chi connectivity index (χ4n) is 3.15. The first-order valence-electron chi connectivity index (χ1n) is 7.30. The van der Waals surface area contributed by atoms with Crippen LogP contribution in [-0.4, -0.2) is 61.3 Å². The van der Waals surface area contributed by atoms with Crippen LogP contribution in [0.1, 0.15) is 32.1 Å². The van der Waals surface area contributed by atoms with Crippen molar-refractivity contribution in [2.24, 2.45) is 0 Å². The average Bonchev–Trinajstić information content (AvgIpc) is 2.65. The van der Waals surface area contributed by atoms with Gasteiger partial charge in [-0.25, -0.2) is 13.1 Å². The largest absolute Gasteiger partial charge is 0.390 e. The summed E-state index contributed by atoms with van der Waals surface area (Å²) in [7, 11) is -3.31. The maximum absolute atomic E-state index is 11.6. The molecule has 2 aliphatic heterocycles. The zero-order valence-corrected chi connectivity index (χ0v) is 13.2. The molecule has 2 heterocycles. The fraction of sp³-hybridized carbons (Fsp3) is 0.923. The minimum Gasteiger partial charge on any atom is -0.390 e. The Morgan fingerprint density at radius 2 is 2.00 bits per heavy atom. The minimum atomic E-state index is -3.31. The molecule has 117 valence electrons. The van der Waals surface area contributed by atoms with E-state index in [9.17, 15) is 13.5 Å². The van der Waals surface area contributed by atoms with Crippen molar-refractivity contribution in [2.45, 2.75) is 50.3 Å². The standard InChI is InChI=1S/C13H24ClN2O3S/c14-7-2-8-20(18,19)15-9-13(17)10-16-11-3-1-4-12(16)6-5-11/h1,11-13,15,17H,2-10H2/t11-,12+,13?. The summed E-state index contributed by atoms with van der Waals surface area (Å²) in [6.45, 7) is 0.644. The summed E-state index contributed by atoms with van der Waals surface area (Å²) in [5.41, 5.74) is 0. The number of halogens is 1. The van der Waals surface area contributed by atoms with Crippen molar-refractivity contribution in [1.82, 2.24) is 9.62 Å². The monoisotopic (exact) mass is 323 g/mol. The van der Waals surface area contributed by atoms with Crippen molar-refractivity contribution < 1.29 is 13.5 Å². The number of aliphatic hydroxyl groups excluding tert-OH is 1. The maximum Gasteiger partial charge on any atom is 0.211 e. The summed E-state index contributed by atoms with van der Waals surface area (Å²) < 4.78 is 25.7. The second kappa shape index (κ2) is 7.40. The summed E-state index contributed by atoms with van der Waals surface area (Å²) >= 11 is 5.49. The predicted molar refractivity (Wildman–Crippen MR) is 80.2 cm³/mol. The van der Waals surface area contributed by atoms with Gasteiger partial charge in [0, 0.05) is 31.1 Å². The van der Waals surface area contributed by atoms with Crippen LogP contribution in [0.5, 0.6) is 0 Å². The molecular formula is C13H24ClN2O3S. The Balaban J connectivity index is 1.74. The van der Waals surface area contributed by atoms with E-state index in [0.29, 0.717) is 30.9 Å². The number of nitrogens with zero attached hydrogens (tertiary/aromatic N) is 1. The van der Waals surface area contributed by atoms with E-state index >= 15 is 0 Å². The number of aliphatic hydroxyl groups is 1. The Bertz CT molecular complexity index is 388. The molecule has 3 atom stereocenters. The molecule has 7 heteroatoms. The SMILES string of the molecule is O=S(=O)(CCCCl)NCC(O)CN1[C@@H]2C[CH]C[C@H]1CC2. The summed E-state index contributed by atoms with van der Waals surface area (Å²) in [5, 5.41) is 10.0. The van der Waals surface area contributed by atoms with Crippen LogP contribution in [0.3, 0.4) is 0 Å². The van der Waals surface area contributed by atoms with Gasteiger partial charge in [-0.3, -0.25) is 4.90 Å². The van der Waals surface area contributed by atoms with Crippen molar-refractivity contribution in [3.8, 4) is 0 Å². The lowest BCUT2D eigenvalue weighted by molar-refractivity contribution is 0.0749. The van der Waals surface area contributed by atoms with Crippen LogP contribution in [0.25, 0.3) is 0 Å². The zero-order chi connectivity index (χ0) is 14.6. The molecular weight excluding hydrogens is 300 g/mol. The third kappa shape index (κ3) is 4.56. The van der Waals surface area contributed by atoms with Crippen molar-refractivity contribution in [1.29, 1.82) is 0 Å². The molecule has 2 rings (SSSR count). The predicted octanol–water partition coefficient (Wildman–Crippen LogP) is 0.727. The van der Waals surface area contributed by atoms with Gasteiger partial charge in [0.15, 0.2) is 0 Å². The first kappa shape index (κ1) is 16.5. The molecule has 0 spiro atoms. The summed E-state index contributed by atoms with van der Waals surface area (Å²) in [4.78, 5) is 2.34. The smallest absolute Gasteiger partial charge is 0.211 e. The molecule has 0 aromatic rings. The number of rotatable bonds is 8. The molecule has 2 fully saturated rings. The van der Waals surface area contributed by atoms with Crippen LogP contribution in [0, 0.1) is 6.42 Å². The van der Waals surface area contributed by atoms with Gasteiger partial charge in [-0.2, -0.15) is 0 Å². The van der Waals surface area contributed by atoms with Crippen LogP contribution in [0.15, 0.2) is 0 Å².